The summed E-state index contributed by atoms with van der Waals surface area (Å²) in [7, 11) is 8.31. The number of hydrogen-bond acceptors (Lipinski definition) is 16. The van der Waals surface area contributed by atoms with Crippen molar-refractivity contribution < 1.29 is 76.1 Å². The van der Waals surface area contributed by atoms with Gasteiger partial charge in [-0.1, -0.05) is 38.1 Å². The molecule has 2 fully saturated rings. The number of methoxy groups -OCH3 is 6. The molecule has 0 spiro atoms. The van der Waals surface area contributed by atoms with Crippen LogP contribution in [0.3, 0.4) is 0 Å². The molecule has 0 aromatic heterocycles. The molecule has 16 heteroatoms. The maximum atomic E-state index is 12.8. The van der Waals surface area contributed by atoms with E-state index in [4.69, 9.17) is 47.4 Å². The summed E-state index contributed by atoms with van der Waals surface area (Å²) >= 11 is 0. The van der Waals surface area contributed by atoms with Gasteiger partial charge in [-0.15, -0.1) is 0 Å². The van der Waals surface area contributed by atoms with Crippen LogP contribution in [0.25, 0.3) is 0 Å². The predicted molar refractivity (Wildman–Crippen MR) is 278 cm³/mol. The second kappa shape index (κ2) is 24.5. The van der Waals surface area contributed by atoms with Gasteiger partial charge in [0, 0.05) is 10.8 Å². The summed E-state index contributed by atoms with van der Waals surface area (Å²) in [5.41, 5.74) is 5.97. The smallest absolute Gasteiger partial charge is 0.343 e. The molecule has 6 rings (SSSR count). The number of carbonyl (C=O) groups excluding carboxylic acids is 6. The lowest BCUT2D eigenvalue weighted by Gasteiger charge is -2.52. The molecule has 0 atom stereocenters. The summed E-state index contributed by atoms with van der Waals surface area (Å²) in [6, 6.07) is 15.9. The van der Waals surface area contributed by atoms with Crippen LogP contribution in [-0.2, 0) is 49.0 Å². The molecule has 0 N–H and O–H groups in total. The third-order valence-electron chi connectivity index (χ3n) is 16.0. The van der Waals surface area contributed by atoms with Crippen molar-refractivity contribution in [3.05, 3.63) is 104 Å². The topological polar surface area (TPSA) is 195 Å². The Balaban J connectivity index is 1.38. The summed E-state index contributed by atoms with van der Waals surface area (Å²) in [5.74, 6) is 0.867. The molecule has 2 aliphatic rings. The van der Waals surface area contributed by atoms with Gasteiger partial charge in [-0.2, -0.15) is 0 Å². The SMILES string of the molecule is COC(=O)COc1c(C)cc(C2(c3cc(C)c(OCC(=O)OC)c(C=O)c3)CCC(C(C)(C)C3CCC(c4cc(C)c(OCC(=O)OC)c(OC)c4)(c4cc(C)c(OCC(=O)OC)c(OC)c4)CC3)CC2)cc1C=O. The van der Waals surface area contributed by atoms with E-state index in [1.54, 1.807) is 14.2 Å². The van der Waals surface area contributed by atoms with E-state index >= 15 is 0 Å². The molecule has 0 amide bonds. The van der Waals surface area contributed by atoms with Crippen LogP contribution in [0.15, 0.2) is 48.5 Å². The Morgan fingerprint density at radius 2 is 0.720 bits per heavy atom. The maximum Gasteiger partial charge on any atom is 0.343 e. The van der Waals surface area contributed by atoms with E-state index in [0.29, 0.717) is 75.5 Å². The molecule has 404 valence electrons. The summed E-state index contributed by atoms with van der Waals surface area (Å²) in [4.78, 5) is 74.1. The monoisotopic (exact) mass is 1040 g/mol. The number of rotatable bonds is 22. The second-order valence-electron chi connectivity index (χ2n) is 20.3. The van der Waals surface area contributed by atoms with Crippen LogP contribution in [0.4, 0.5) is 0 Å². The average Bonchev–Trinajstić information content (AvgIpc) is 3.42. The van der Waals surface area contributed by atoms with Gasteiger partial charge in [0.15, 0.2) is 62.0 Å². The van der Waals surface area contributed by atoms with E-state index in [-0.39, 0.29) is 37.8 Å². The molecule has 0 saturated heterocycles. The largest absolute Gasteiger partial charge is 0.493 e. The first-order valence-corrected chi connectivity index (χ1v) is 25.2. The lowest BCUT2D eigenvalue weighted by molar-refractivity contribution is -0.143. The van der Waals surface area contributed by atoms with Crippen LogP contribution in [0.2, 0.25) is 0 Å². The zero-order chi connectivity index (χ0) is 54.8. The molecule has 4 aromatic rings. The number of aldehydes is 2. The molecule has 0 bridgehead atoms. The van der Waals surface area contributed by atoms with E-state index < -0.39 is 34.7 Å². The standard InChI is InChI=1S/C59H72O16/c1-35-21-43(25-39(29-60)53(35)72-31-49(62)68-9)58(44-22-36(2)54(40(26-44)30-61)73-32-50(63)69-10)17-13-41(14-18-58)57(5,6)42-15-19-59(20-16-42,45-23-37(3)55(47(27-45)66-7)74-33-51(64)70-11)46-24-38(4)56(48(28-46)67-8)75-34-52(65)71-12/h21-30,41-42H,13-20,31-34H2,1-12H3. The van der Waals surface area contributed by atoms with E-state index in [1.165, 1.54) is 28.4 Å². The summed E-state index contributed by atoms with van der Waals surface area (Å²) in [5, 5.41) is 0. The quantitative estimate of drug-likeness (QED) is 0.0410. The fraction of sp³-hybridized carbons (Fsp3) is 0.492. The van der Waals surface area contributed by atoms with Crippen LogP contribution >= 0.6 is 0 Å². The van der Waals surface area contributed by atoms with Gasteiger partial charge in [0.25, 0.3) is 0 Å². The van der Waals surface area contributed by atoms with Crippen molar-refractivity contribution in [2.45, 2.75) is 104 Å². The highest BCUT2D eigenvalue weighted by atomic mass is 16.6. The minimum Gasteiger partial charge on any atom is -0.493 e. The number of hydrogen-bond donors (Lipinski definition) is 0. The summed E-state index contributed by atoms with van der Waals surface area (Å²) < 4.78 is 54.8. The Labute approximate surface area is 439 Å². The molecule has 0 heterocycles. The van der Waals surface area contributed by atoms with Gasteiger partial charge in [0.1, 0.15) is 11.5 Å². The molecule has 75 heavy (non-hydrogen) atoms. The molecular formula is C59H72O16. The molecule has 2 saturated carbocycles. The number of aryl methyl sites for hydroxylation is 4. The Hall–Kier alpha value is -7.10. The average molecular weight is 1040 g/mol. The minimum absolute atomic E-state index is 0.137. The lowest BCUT2D eigenvalue weighted by Crippen LogP contribution is -2.43. The summed E-state index contributed by atoms with van der Waals surface area (Å²) in [6.07, 6.45) is 7.78. The highest BCUT2D eigenvalue weighted by molar-refractivity contribution is 5.83. The molecule has 0 aliphatic heterocycles. The Kier molecular flexibility index (Phi) is 18.7. The normalized spacial score (nSPS) is 15.4. The van der Waals surface area contributed by atoms with Crippen molar-refractivity contribution in [1.82, 2.24) is 0 Å². The fourth-order valence-corrected chi connectivity index (χ4v) is 11.7. The Bertz CT molecular complexity index is 2590. The number of benzene rings is 4. The number of carbonyl (C=O) groups is 6. The third-order valence-corrected chi connectivity index (χ3v) is 16.0. The van der Waals surface area contributed by atoms with Gasteiger partial charge in [-0.3, -0.25) is 9.59 Å². The van der Waals surface area contributed by atoms with Crippen LogP contribution in [0.5, 0.6) is 34.5 Å². The Morgan fingerprint density at radius 1 is 0.453 bits per heavy atom. The summed E-state index contributed by atoms with van der Waals surface area (Å²) in [6.45, 7) is 11.0. The van der Waals surface area contributed by atoms with Gasteiger partial charge < -0.3 is 47.4 Å². The first kappa shape index (κ1) is 57.2. The number of ether oxygens (including phenoxy) is 10. The van der Waals surface area contributed by atoms with Crippen LogP contribution in [-0.4, -0.2) is 106 Å². The van der Waals surface area contributed by atoms with Crippen molar-refractivity contribution in [2.24, 2.45) is 17.3 Å². The first-order chi connectivity index (χ1) is 35.8. The minimum atomic E-state index is -0.658. The van der Waals surface area contributed by atoms with Crippen molar-refractivity contribution in [2.75, 3.05) is 69.1 Å². The van der Waals surface area contributed by atoms with Gasteiger partial charge in [-0.05, 0) is 165 Å². The molecule has 16 nitrogen and oxygen atoms in total. The fourth-order valence-electron chi connectivity index (χ4n) is 11.7. The van der Waals surface area contributed by atoms with Crippen molar-refractivity contribution >= 4 is 36.4 Å². The van der Waals surface area contributed by atoms with Crippen molar-refractivity contribution in [1.29, 1.82) is 0 Å². The van der Waals surface area contributed by atoms with Crippen LogP contribution in [0, 0.1) is 44.9 Å². The van der Waals surface area contributed by atoms with Gasteiger partial charge >= 0.3 is 23.9 Å². The van der Waals surface area contributed by atoms with Crippen molar-refractivity contribution in [3.8, 4) is 34.5 Å². The van der Waals surface area contributed by atoms with E-state index in [9.17, 15) is 28.8 Å². The zero-order valence-electron chi connectivity index (χ0n) is 45.4. The van der Waals surface area contributed by atoms with E-state index in [2.05, 4.69) is 26.0 Å². The molecule has 0 radical (unpaired) electrons. The second-order valence-corrected chi connectivity index (χ2v) is 20.3. The predicted octanol–water partition coefficient (Wildman–Crippen LogP) is 9.45. The molecule has 4 aromatic carbocycles. The molecule has 2 aliphatic carbocycles. The zero-order valence-corrected chi connectivity index (χ0v) is 45.4. The van der Waals surface area contributed by atoms with Crippen molar-refractivity contribution in [3.63, 3.8) is 0 Å². The van der Waals surface area contributed by atoms with Crippen LogP contribution < -0.4 is 28.4 Å². The third kappa shape index (κ3) is 12.1. The Morgan fingerprint density at radius 3 is 0.987 bits per heavy atom. The van der Waals surface area contributed by atoms with Gasteiger partial charge in [-0.25, -0.2) is 19.2 Å². The van der Waals surface area contributed by atoms with Gasteiger partial charge in [0.05, 0.1) is 53.8 Å². The lowest BCUT2D eigenvalue weighted by atomic mass is 9.53. The van der Waals surface area contributed by atoms with Gasteiger partial charge in [0.2, 0.25) is 0 Å². The highest BCUT2D eigenvalue weighted by Gasteiger charge is 2.49. The highest BCUT2D eigenvalue weighted by Crippen LogP contribution is 2.59. The van der Waals surface area contributed by atoms with E-state index in [0.717, 1.165) is 84.5 Å². The maximum absolute atomic E-state index is 12.8. The molecular weight excluding hydrogens is 965 g/mol. The number of esters is 4. The molecule has 0 unspecified atom stereocenters. The van der Waals surface area contributed by atoms with Crippen LogP contribution in [0.1, 0.15) is 130 Å². The first-order valence-electron chi connectivity index (χ1n) is 25.2. The van der Waals surface area contributed by atoms with E-state index in [1.807, 2.05) is 64.1 Å².